The highest BCUT2D eigenvalue weighted by Crippen LogP contribution is 2.19. The van der Waals surface area contributed by atoms with E-state index in [0.717, 1.165) is 12.6 Å². The molecule has 1 atom stereocenters. The normalized spacial score (nSPS) is 25.7. The van der Waals surface area contributed by atoms with Gasteiger partial charge < -0.3 is 0 Å². The highest BCUT2D eigenvalue weighted by Gasteiger charge is 2.28. The monoisotopic (exact) mass is 301 g/mol. The molecule has 3 heteroatoms. The molecule has 0 spiro atoms. The molecule has 22 heavy (non-hydrogen) atoms. The van der Waals surface area contributed by atoms with Gasteiger partial charge in [-0.05, 0) is 38.8 Å². The standard InChI is InChI=1S/C19H31N3/c1-17(2)22-10-6-9-19(16-22)21-13-11-20(12-14-21)15-18-7-4-3-5-8-18/h3-5,7-8,17,19H,6,9-16H2,1-2H3. The molecule has 1 unspecified atom stereocenters. The van der Waals surface area contributed by atoms with Gasteiger partial charge in [-0.3, -0.25) is 14.7 Å². The molecule has 0 saturated carbocycles. The predicted octanol–water partition coefficient (Wildman–Crippen LogP) is 2.68. The summed E-state index contributed by atoms with van der Waals surface area (Å²) in [5.74, 6) is 0. The van der Waals surface area contributed by atoms with Gasteiger partial charge in [0.05, 0.1) is 0 Å². The van der Waals surface area contributed by atoms with E-state index in [0.29, 0.717) is 6.04 Å². The molecular weight excluding hydrogens is 270 g/mol. The number of piperidine rings is 1. The van der Waals surface area contributed by atoms with Crippen LogP contribution in [0, 0.1) is 0 Å². The Morgan fingerprint density at radius 3 is 2.41 bits per heavy atom. The lowest BCUT2D eigenvalue weighted by molar-refractivity contribution is 0.0409. The quantitative estimate of drug-likeness (QED) is 0.846. The van der Waals surface area contributed by atoms with Crippen LogP contribution in [0.25, 0.3) is 0 Å². The van der Waals surface area contributed by atoms with E-state index >= 15 is 0 Å². The van der Waals surface area contributed by atoms with Gasteiger partial charge in [-0.25, -0.2) is 0 Å². The molecule has 1 aromatic rings. The van der Waals surface area contributed by atoms with Crippen LogP contribution in [0.2, 0.25) is 0 Å². The van der Waals surface area contributed by atoms with Gasteiger partial charge in [0, 0.05) is 51.4 Å². The van der Waals surface area contributed by atoms with Crippen molar-refractivity contribution in [3.63, 3.8) is 0 Å². The van der Waals surface area contributed by atoms with Crippen molar-refractivity contribution in [2.45, 2.75) is 45.3 Å². The molecule has 0 amide bonds. The maximum Gasteiger partial charge on any atom is 0.0234 e. The molecule has 2 aliphatic rings. The second kappa shape index (κ2) is 7.58. The van der Waals surface area contributed by atoms with Gasteiger partial charge in [-0.15, -0.1) is 0 Å². The van der Waals surface area contributed by atoms with Crippen LogP contribution in [0.1, 0.15) is 32.3 Å². The molecule has 3 rings (SSSR count). The molecule has 0 aromatic heterocycles. The highest BCUT2D eigenvalue weighted by atomic mass is 15.3. The summed E-state index contributed by atoms with van der Waals surface area (Å²) < 4.78 is 0. The minimum Gasteiger partial charge on any atom is -0.299 e. The van der Waals surface area contributed by atoms with Crippen molar-refractivity contribution in [3.8, 4) is 0 Å². The number of hydrogen-bond donors (Lipinski definition) is 0. The molecule has 0 radical (unpaired) electrons. The first kappa shape index (κ1) is 16.0. The second-order valence-corrected chi connectivity index (χ2v) is 7.18. The Bertz CT molecular complexity index is 437. The topological polar surface area (TPSA) is 9.72 Å². The Morgan fingerprint density at radius 2 is 1.73 bits per heavy atom. The van der Waals surface area contributed by atoms with E-state index in [9.17, 15) is 0 Å². The summed E-state index contributed by atoms with van der Waals surface area (Å²) in [5, 5.41) is 0. The zero-order valence-corrected chi connectivity index (χ0v) is 14.2. The van der Waals surface area contributed by atoms with Crippen molar-refractivity contribution in [2.75, 3.05) is 39.3 Å². The summed E-state index contributed by atoms with van der Waals surface area (Å²) in [5.41, 5.74) is 1.44. The van der Waals surface area contributed by atoms with Gasteiger partial charge in [0.1, 0.15) is 0 Å². The van der Waals surface area contributed by atoms with Gasteiger partial charge in [-0.2, -0.15) is 0 Å². The van der Waals surface area contributed by atoms with Crippen molar-refractivity contribution < 1.29 is 0 Å². The molecule has 3 nitrogen and oxygen atoms in total. The lowest BCUT2D eigenvalue weighted by atomic mass is 10.0. The first-order valence-corrected chi connectivity index (χ1v) is 8.97. The minimum absolute atomic E-state index is 0.696. The van der Waals surface area contributed by atoms with E-state index in [-0.39, 0.29) is 0 Å². The van der Waals surface area contributed by atoms with Crippen LogP contribution in [-0.2, 0) is 6.54 Å². The largest absolute Gasteiger partial charge is 0.299 e. The van der Waals surface area contributed by atoms with Gasteiger partial charge in [0.2, 0.25) is 0 Å². The molecule has 2 aliphatic heterocycles. The van der Waals surface area contributed by atoms with Crippen LogP contribution in [0.3, 0.4) is 0 Å². The fourth-order valence-electron chi connectivity index (χ4n) is 3.88. The summed E-state index contributed by atoms with van der Waals surface area (Å²) in [6, 6.07) is 12.4. The highest BCUT2D eigenvalue weighted by molar-refractivity contribution is 5.14. The van der Waals surface area contributed by atoms with Crippen molar-refractivity contribution >= 4 is 0 Å². The number of nitrogens with zero attached hydrogens (tertiary/aromatic N) is 3. The minimum atomic E-state index is 0.696. The smallest absolute Gasteiger partial charge is 0.0234 e. The predicted molar refractivity (Wildman–Crippen MR) is 93.0 cm³/mol. The first-order chi connectivity index (χ1) is 10.7. The SMILES string of the molecule is CC(C)N1CCCC(N2CCN(Cc3ccccc3)CC2)C1. The van der Waals surface area contributed by atoms with Crippen LogP contribution >= 0.6 is 0 Å². The number of piperazine rings is 1. The summed E-state index contributed by atoms with van der Waals surface area (Å²) in [6.45, 7) is 13.3. The van der Waals surface area contributed by atoms with Gasteiger partial charge in [0.25, 0.3) is 0 Å². The van der Waals surface area contributed by atoms with Crippen molar-refractivity contribution in [1.82, 2.24) is 14.7 Å². The lowest BCUT2D eigenvalue weighted by Gasteiger charge is -2.44. The number of likely N-dealkylation sites (tertiary alicyclic amines) is 1. The molecule has 0 bridgehead atoms. The van der Waals surface area contributed by atoms with Gasteiger partial charge >= 0.3 is 0 Å². The zero-order chi connectivity index (χ0) is 15.4. The Kier molecular flexibility index (Phi) is 5.51. The molecule has 2 fully saturated rings. The van der Waals surface area contributed by atoms with E-state index in [1.807, 2.05) is 0 Å². The van der Waals surface area contributed by atoms with Gasteiger partial charge in [0.15, 0.2) is 0 Å². The van der Waals surface area contributed by atoms with Crippen LogP contribution in [0.15, 0.2) is 30.3 Å². The summed E-state index contributed by atoms with van der Waals surface area (Å²) in [6.07, 6.45) is 2.76. The van der Waals surface area contributed by atoms with Crippen LogP contribution < -0.4 is 0 Å². The van der Waals surface area contributed by atoms with Crippen molar-refractivity contribution in [3.05, 3.63) is 35.9 Å². The number of hydrogen-bond acceptors (Lipinski definition) is 3. The van der Waals surface area contributed by atoms with E-state index in [1.54, 1.807) is 0 Å². The molecular formula is C19H31N3. The summed E-state index contributed by atoms with van der Waals surface area (Å²) in [4.78, 5) is 8.01. The Morgan fingerprint density at radius 1 is 1.00 bits per heavy atom. The molecule has 2 saturated heterocycles. The zero-order valence-electron chi connectivity index (χ0n) is 14.2. The number of benzene rings is 1. The average Bonchev–Trinajstić information content (AvgIpc) is 2.56. The Labute approximate surface area is 135 Å². The van der Waals surface area contributed by atoms with Crippen LogP contribution in [0.4, 0.5) is 0 Å². The second-order valence-electron chi connectivity index (χ2n) is 7.18. The van der Waals surface area contributed by atoms with Crippen molar-refractivity contribution in [1.29, 1.82) is 0 Å². The third kappa shape index (κ3) is 4.09. The van der Waals surface area contributed by atoms with Crippen molar-refractivity contribution in [2.24, 2.45) is 0 Å². The number of rotatable bonds is 4. The maximum atomic E-state index is 2.75. The van der Waals surface area contributed by atoms with E-state index in [1.165, 1.54) is 57.7 Å². The van der Waals surface area contributed by atoms with Crippen LogP contribution in [0.5, 0.6) is 0 Å². The fourth-order valence-corrected chi connectivity index (χ4v) is 3.88. The van der Waals surface area contributed by atoms with E-state index in [4.69, 9.17) is 0 Å². The Balaban J connectivity index is 1.47. The third-order valence-corrected chi connectivity index (χ3v) is 5.33. The fraction of sp³-hybridized carbons (Fsp3) is 0.684. The average molecular weight is 301 g/mol. The molecule has 2 heterocycles. The summed E-state index contributed by atoms with van der Waals surface area (Å²) in [7, 11) is 0. The molecule has 0 N–H and O–H groups in total. The molecule has 1 aromatic carbocycles. The molecule has 122 valence electrons. The first-order valence-electron chi connectivity index (χ1n) is 8.97. The van der Waals surface area contributed by atoms with E-state index < -0.39 is 0 Å². The Hall–Kier alpha value is -0.900. The lowest BCUT2D eigenvalue weighted by Crippen LogP contribution is -2.55. The van der Waals surface area contributed by atoms with E-state index in [2.05, 4.69) is 58.9 Å². The van der Waals surface area contributed by atoms with Gasteiger partial charge in [-0.1, -0.05) is 30.3 Å². The molecule has 0 aliphatic carbocycles. The van der Waals surface area contributed by atoms with Crippen LogP contribution in [-0.4, -0.2) is 66.1 Å². The summed E-state index contributed by atoms with van der Waals surface area (Å²) >= 11 is 0. The maximum absolute atomic E-state index is 2.75. The third-order valence-electron chi connectivity index (χ3n) is 5.33.